The summed E-state index contributed by atoms with van der Waals surface area (Å²) in [6.45, 7) is 12.0. The second kappa shape index (κ2) is 7.08. The fraction of sp³-hybridized carbons (Fsp3) is 1.00. The first kappa shape index (κ1) is 15.3. The van der Waals surface area contributed by atoms with E-state index >= 15 is 0 Å². The van der Waals surface area contributed by atoms with E-state index in [0.29, 0.717) is 0 Å². The van der Waals surface area contributed by atoms with Crippen molar-refractivity contribution in [2.24, 2.45) is 11.8 Å². The number of piperidine rings is 1. The summed E-state index contributed by atoms with van der Waals surface area (Å²) >= 11 is 0. The summed E-state index contributed by atoms with van der Waals surface area (Å²) in [7, 11) is 0. The third kappa shape index (κ3) is 3.72. The van der Waals surface area contributed by atoms with Crippen molar-refractivity contribution in [2.75, 3.05) is 13.1 Å². The zero-order chi connectivity index (χ0) is 13.8. The molecule has 1 aliphatic heterocycles. The van der Waals surface area contributed by atoms with Crippen LogP contribution in [0.25, 0.3) is 0 Å². The Balaban J connectivity index is 2.06. The normalized spacial score (nSPS) is 41.4. The molecule has 2 rings (SSSR count). The SMILES string of the molecule is CCNC1CCC(CC)CC1N1CC(C)CCC1C. The van der Waals surface area contributed by atoms with Crippen molar-refractivity contribution in [2.45, 2.75) is 84.3 Å². The number of hydrogen-bond donors (Lipinski definition) is 1. The summed E-state index contributed by atoms with van der Waals surface area (Å²) < 4.78 is 0. The fourth-order valence-corrected chi connectivity index (χ4v) is 4.25. The highest BCUT2D eigenvalue weighted by Crippen LogP contribution is 2.34. The van der Waals surface area contributed by atoms with Crippen LogP contribution in [0.1, 0.15) is 66.2 Å². The van der Waals surface area contributed by atoms with Gasteiger partial charge in [-0.25, -0.2) is 0 Å². The molecular formula is C17H34N2. The molecule has 0 amide bonds. The van der Waals surface area contributed by atoms with Crippen LogP contribution in [0.5, 0.6) is 0 Å². The molecule has 19 heavy (non-hydrogen) atoms. The lowest BCUT2D eigenvalue weighted by Crippen LogP contribution is -2.58. The molecule has 1 aliphatic carbocycles. The van der Waals surface area contributed by atoms with Crippen LogP contribution in [0.2, 0.25) is 0 Å². The molecule has 2 heteroatoms. The fourth-order valence-electron chi connectivity index (χ4n) is 4.25. The molecule has 5 unspecified atom stereocenters. The molecule has 0 bridgehead atoms. The first-order chi connectivity index (χ1) is 9.15. The van der Waals surface area contributed by atoms with Crippen LogP contribution in [0.3, 0.4) is 0 Å². The molecule has 1 N–H and O–H groups in total. The van der Waals surface area contributed by atoms with Crippen LogP contribution in [0.4, 0.5) is 0 Å². The van der Waals surface area contributed by atoms with Gasteiger partial charge in [-0.05, 0) is 57.4 Å². The predicted molar refractivity (Wildman–Crippen MR) is 83.5 cm³/mol. The van der Waals surface area contributed by atoms with E-state index in [9.17, 15) is 0 Å². The van der Waals surface area contributed by atoms with Crippen LogP contribution in [0.15, 0.2) is 0 Å². The van der Waals surface area contributed by atoms with Gasteiger partial charge in [0.2, 0.25) is 0 Å². The van der Waals surface area contributed by atoms with Crippen molar-refractivity contribution < 1.29 is 0 Å². The lowest BCUT2D eigenvalue weighted by Gasteiger charge is -2.48. The van der Waals surface area contributed by atoms with Gasteiger partial charge in [0.05, 0.1) is 0 Å². The first-order valence-corrected chi connectivity index (χ1v) is 8.64. The molecule has 5 atom stereocenters. The predicted octanol–water partition coefficient (Wildman–Crippen LogP) is 3.66. The van der Waals surface area contributed by atoms with Gasteiger partial charge in [-0.15, -0.1) is 0 Å². The number of nitrogens with one attached hydrogen (secondary N) is 1. The quantitative estimate of drug-likeness (QED) is 0.835. The molecule has 0 aromatic rings. The Morgan fingerprint density at radius 3 is 2.53 bits per heavy atom. The average Bonchev–Trinajstić information content (AvgIpc) is 2.42. The highest BCUT2D eigenvalue weighted by Gasteiger charge is 2.37. The van der Waals surface area contributed by atoms with Crippen LogP contribution >= 0.6 is 0 Å². The van der Waals surface area contributed by atoms with Gasteiger partial charge in [0.25, 0.3) is 0 Å². The van der Waals surface area contributed by atoms with Gasteiger partial charge < -0.3 is 5.32 Å². The third-order valence-corrected chi connectivity index (χ3v) is 5.56. The molecule has 2 aliphatic rings. The average molecular weight is 266 g/mol. The maximum absolute atomic E-state index is 3.77. The van der Waals surface area contributed by atoms with Crippen LogP contribution < -0.4 is 5.32 Å². The van der Waals surface area contributed by atoms with E-state index in [0.717, 1.165) is 36.5 Å². The summed E-state index contributed by atoms with van der Waals surface area (Å²) in [5, 5.41) is 3.77. The smallest absolute Gasteiger partial charge is 0.0254 e. The van der Waals surface area contributed by atoms with Crippen LogP contribution in [-0.4, -0.2) is 36.1 Å². The van der Waals surface area contributed by atoms with E-state index < -0.39 is 0 Å². The summed E-state index contributed by atoms with van der Waals surface area (Å²) in [6.07, 6.45) is 8.43. The highest BCUT2D eigenvalue weighted by molar-refractivity contribution is 4.94. The minimum atomic E-state index is 0.737. The zero-order valence-corrected chi connectivity index (χ0v) is 13.5. The van der Waals surface area contributed by atoms with Crippen molar-refractivity contribution >= 4 is 0 Å². The topological polar surface area (TPSA) is 15.3 Å². The Morgan fingerprint density at radius 1 is 1.05 bits per heavy atom. The molecule has 2 fully saturated rings. The first-order valence-electron chi connectivity index (χ1n) is 8.64. The molecule has 112 valence electrons. The largest absolute Gasteiger partial charge is 0.313 e. The number of nitrogens with zero attached hydrogens (tertiary/aromatic N) is 1. The summed E-state index contributed by atoms with van der Waals surface area (Å²) in [5.41, 5.74) is 0. The lowest BCUT2D eigenvalue weighted by molar-refractivity contribution is 0.0261. The molecule has 0 aromatic carbocycles. The Hall–Kier alpha value is -0.0800. The molecule has 0 spiro atoms. The standard InChI is InChI=1S/C17H34N2/c1-5-15-9-10-16(18-6-2)17(11-15)19-12-13(3)7-8-14(19)4/h13-18H,5-12H2,1-4H3. The van der Waals surface area contributed by atoms with E-state index in [4.69, 9.17) is 0 Å². The molecule has 1 heterocycles. The van der Waals surface area contributed by atoms with E-state index in [1.807, 2.05) is 0 Å². The van der Waals surface area contributed by atoms with E-state index in [2.05, 4.69) is 37.9 Å². The maximum atomic E-state index is 3.77. The number of likely N-dealkylation sites (N-methyl/N-ethyl adjacent to an activating group) is 1. The van der Waals surface area contributed by atoms with Crippen molar-refractivity contribution in [3.63, 3.8) is 0 Å². The molecule has 2 nitrogen and oxygen atoms in total. The molecule has 0 radical (unpaired) electrons. The summed E-state index contributed by atoms with van der Waals surface area (Å²) in [5.74, 6) is 1.85. The molecule has 1 saturated carbocycles. The van der Waals surface area contributed by atoms with Crippen molar-refractivity contribution in [3.05, 3.63) is 0 Å². The maximum Gasteiger partial charge on any atom is 0.0254 e. The van der Waals surface area contributed by atoms with Gasteiger partial charge in [0, 0.05) is 24.7 Å². The monoisotopic (exact) mass is 266 g/mol. The number of rotatable bonds is 4. The third-order valence-electron chi connectivity index (χ3n) is 5.56. The minimum Gasteiger partial charge on any atom is -0.313 e. The molecule has 0 aromatic heterocycles. The minimum absolute atomic E-state index is 0.737. The van der Waals surface area contributed by atoms with Crippen molar-refractivity contribution in [1.29, 1.82) is 0 Å². The van der Waals surface area contributed by atoms with Crippen LogP contribution in [-0.2, 0) is 0 Å². The van der Waals surface area contributed by atoms with Crippen molar-refractivity contribution in [1.82, 2.24) is 10.2 Å². The van der Waals surface area contributed by atoms with Gasteiger partial charge in [-0.1, -0.05) is 27.2 Å². The molecular weight excluding hydrogens is 232 g/mol. The Morgan fingerprint density at radius 2 is 1.84 bits per heavy atom. The number of likely N-dealkylation sites (tertiary alicyclic amines) is 1. The second-order valence-corrected chi connectivity index (χ2v) is 7.05. The zero-order valence-electron chi connectivity index (χ0n) is 13.5. The van der Waals surface area contributed by atoms with Gasteiger partial charge in [-0.3, -0.25) is 4.90 Å². The van der Waals surface area contributed by atoms with Crippen molar-refractivity contribution in [3.8, 4) is 0 Å². The summed E-state index contributed by atoms with van der Waals surface area (Å²) in [4.78, 5) is 2.85. The Bertz CT molecular complexity index is 266. The van der Waals surface area contributed by atoms with E-state index in [1.165, 1.54) is 45.1 Å². The summed E-state index contributed by atoms with van der Waals surface area (Å²) in [6, 6.07) is 2.31. The van der Waals surface area contributed by atoms with Crippen LogP contribution in [0, 0.1) is 11.8 Å². The number of hydrogen-bond acceptors (Lipinski definition) is 2. The van der Waals surface area contributed by atoms with Gasteiger partial charge in [0.1, 0.15) is 0 Å². The molecule has 1 saturated heterocycles. The Kier molecular flexibility index (Phi) is 5.70. The Labute approximate surface area is 120 Å². The highest BCUT2D eigenvalue weighted by atomic mass is 15.2. The van der Waals surface area contributed by atoms with Gasteiger partial charge in [0.15, 0.2) is 0 Å². The van der Waals surface area contributed by atoms with E-state index in [1.54, 1.807) is 0 Å². The van der Waals surface area contributed by atoms with E-state index in [-0.39, 0.29) is 0 Å². The van der Waals surface area contributed by atoms with Gasteiger partial charge in [-0.2, -0.15) is 0 Å². The second-order valence-electron chi connectivity index (χ2n) is 7.05. The van der Waals surface area contributed by atoms with Gasteiger partial charge >= 0.3 is 0 Å². The lowest BCUT2D eigenvalue weighted by atomic mass is 9.78.